The molecular weight excluding hydrogens is 538 g/mol. The Morgan fingerprint density at radius 1 is 1.03 bits per heavy atom. The Labute approximate surface area is 223 Å². The van der Waals surface area contributed by atoms with Gasteiger partial charge >= 0.3 is 5.69 Å². The molecule has 3 aromatic rings. The second-order valence-electron chi connectivity index (χ2n) is 7.70. The summed E-state index contributed by atoms with van der Waals surface area (Å²) in [6.45, 7) is 0.0859. The normalized spacial score (nSPS) is 15.2. The van der Waals surface area contributed by atoms with Gasteiger partial charge in [-0.05, 0) is 30.3 Å². The van der Waals surface area contributed by atoms with E-state index >= 15 is 0 Å². The number of methoxy groups -OCH3 is 1. The molecule has 1 fully saturated rings. The minimum absolute atomic E-state index is 0.0697. The van der Waals surface area contributed by atoms with Crippen molar-refractivity contribution < 1.29 is 33.6 Å². The molecule has 5 rings (SSSR count). The maximum Gasteiger partial charge on any atom is 0.318 e. The van der Waals surface area contributed by atoms with Gasteiger partial charge < -0.3 is 18.9 Å². The fourth-order valence-corrected chi connectivity index (χ4v) is 5.02. The van der Waals surface area contributed by atoms with Gasteiger partial charge in [0.2, 0.25) is 12.5 Å². The number of para-hydroxylation sites is 1. The number of non-ortho nitro benzene ring substituents is 1. The zero-order valence-electron chi connectivity index (χ0n) is 19.3. The first kappa shape index (κ1) is 25.0. The Hall–Kier alpha value is -4.69. The molecular formula is C24H15N3O9S2. The number of anilines is 1. The first-order valence-electron chi connectivity index (χ1n) is 10.7. The number of carbonyl (C=O) groups is 1. The van der Waals surface area contributed by atoms with Crippen LogP contribution in [0.2, 0.25) is 0 Å². The third-order valence-electron chi connectivity index (χ3n) is 5.49. The van der Waals surface area contributed by atoms with Gasteiger partial charge in [0.15, 0.2) is 27.3 Å². The number of hydrogen-bond acceptors (Lipinski definition) is 11. The molecule has 3 aromatic carbocycles. The van der Waals surface area contributed by atoms with Crippen molar-refractivity contribution in [2.75, 3.05) is 18.8 Å². The maximum absolute atomic E-state index is 13.3. The fourth-order valence-electron chi connectivity index (χ4n) is 3.73. The highest BCUT2D eigenvalue weighted by molar-refractivity contribution is 8.27. The predicted octanol–water partition coefficient (Wildman–Crippen LogP) is 5.44. The monoisotopic (exact) mass is 553 g/mol. The highest BCUT2D eigenvalue weighted by atomic mass is 32.2. The Balaban J connectivity index is 1.51. The van der Waals surface area contributed by atoms with Crippen molar-refractivity contribution in [1.82, 2.24) is 0 Å². The van der Waals surface area contributed by atoms with Crippen molar-refractivity contribution in [3.05, 3.63) is 85.3 Å². The topological polar surface area (TPSA) is 144 Å². The van der Waals surface area contributed by atoms with Gasteiger partial charge in [-0.1, -0.05) is 36.1 Å². The minimum Gasteiger partial charge on any atom is -0.493 e. The molecule has 0 aromatic heterocycles. The van der Waals surface area contributed by atoms with Crippen molar-refractivity contribution in [3.8, 4) is 28.7 Å². The van der Waals surface area contributed by atoms with Gasteiger partial charge in [0.05, 0.1) is 33.6 Å². The van der Waals surface area contributed by atoms with Gasteiger partial charge in [0.25, 0.3) is 11.6 Å². The van der Waals surface area contributed by atoms with E-state index < -0.39 is 27.1 Å². The Morgan fingerprint density at radius 2 is 1.82 bits per heavy atom. The molecule has 1 saturated heterocycles. The van der Waals surface area contributed by atoms with Gasteiger partial charge in [0.1, 0.15) is 0 Å². The number of thiocarbonyl (C=S) groups is 1. The van der Waals surface area contributed by atoms with Gasteiger partial charge in [-0.15, -0.1) is 0 Å². The molecule has 0 spiro atoms. The first-order valence-corrected chi connectivity index (χ1v) is 11.9. The Kier molecular flexibility index (Phi) is 6.57. The van der Waals surface area contributed by atoms with Crippen LogP contribution in [0.25, 0.3) is 6.08 Å². The highest BCUT2D eigenvalue weighted by Gasteiger charge is 2.34. The van der Waals surface area contributed by atoms with Gasteiger partial charge in [-0.25, -0.2) is 0 Å². The number of rotatable bonds is 7. The van der Waals surface area contributed by atoms with Crippen molar-refractivity contribution in [1.29, 1.82) is 0 Å². The first-order chi connectivity index (χ1) is 18.3. The average Bonchev–Trinajstić information content (AvgIpc) is 3.47. The lowest BCUT2D eigenvalue weighted by Gasteiger charge is -2.15. The number of carbonyl (C=O) groups excluding carboxylic acids is 1. The molecule has 0 aliphatic carbocycles. The number of hydrogen-bond donors (Lipinski definition) is 0. The van der Waals surface area contributed by atoms with E-state index in [2.05, 4.69) is 0 Å². The van der Waals surface area contributed by atoms with Crippen LogP contribution in [0.15, 0.2) is 59.5 Å². The number of amides is 1. The molecule has 2 aliphatic rings. The van der Waals surface area contributed by atoms with Crippen LogP contribution in [-0.2, 0) is 4.79 Å². The van der Waals surface area contributed by atoms with E-state index in [-0.39, 0.29) is 33.3 Å². The number of nitro groups is 2. The van der Waals surface area contributed by atoms with Crippen LogP contribution in [-0.4, -0.2) is 34.0 Å². The van der Waals surface area contributed by atoms with Crippen LogP contribution < -0.4 is 23.8 Å². The largest absolute Gasteiger partial charge is 0.493 e. The summed E-state index contributed by atoms with van der Waals surface area (Å²) in [6.07, 6.45) is 1.53. The average molecular weight is 554 g/mol. The summed E-state index contributed by atoms with van der Waals surface area (Å²) in [6, 6.07) is 12.9. The van der Waals surface area contributed by atoms with Crippen molar-refractivity contribution in [2.45, 2.75) is 0 Å². The van der Waals surface area contributed by atoms with Crippen LogP contribution in [0.4, 0.5) is 17.1 Å². The molecule has 0 saturated carbocycles. The zero-order chi connectivity index (χ0) is 27.0. The van der Waals surface area contributed by atoms with Crippen LogP contribution in [0.3, 0.4) is 0 Å². The third kappa shape index (κ3) is 4.57. The van der Waals surface area contributed by atoms with E-state index in [1.807, 2.05) is 0 Å². The van der Waals surface area contributed by atoms with Crippen LogP contribution in [0, 0.1) is 20.2 Å². The SMILES string of the molecule is COc1cccc(/C=C2/SC(=S)N(c3ccc4c(c3)OCO4)C2=O)c1Oc1ccc([N+](=O)[O-])cc1[N+](=O)[O-]. The highest BCUT2D eigenvalue weighted by Crippen LogP contribution is 2.44. The summed E-state index contributed by atoms with van der Waals surface area (Å²) >= 11 is 6.52. The van der Waals surface area contributed by atoms with E-state index in [1.165, 1.54) is 18.1 Å². The van der Waals surface area contributed by atoms with E-state index in [0.29, 0.717) is 22.7 Å². The number of nitro benzene ring substituents is 2. The predicted molar refractivity (Wildman–Crippen MR) is 141 cm³/mol. The summed E-state index contributed by atoms with van der Waals surface area (Å²) in [7, 11) is 1.38. The molecule has 0 radical (unpaired) electrons. The summed E-state index contributed by atoms with van der Waals surface area (Å²) in [5.74, 6) is 0.710. The van der Waals surface area contributed by atoms with Gasteiger partial charge in [0, 0.05) is 17.7 Å². The minimum atomic E-state index is -0.784. The molecule has 0 atom stereocenters. The fraction of sp³-hybridized carbons (Fsp3) is 0.0833. The lowest BCUT2D eigenvalue weighted by atomic mass is 10.1. The second-order valence-corrected chi connectivity index (χ2v) is 9.38. The molecule has 0 bridgehead atoms. The number of benzene rings is 3. The molecule has 1 amide bonds. The quantitative estimate of drug-likeness (QED) is 0.160. The van der Waals surface area contributed by atoms with E-state index in [0.717, 1.165) is 30.0 Å². The van der Waals surface area contributed by atoms with Gasteiger partial charge in [-0.3, -0.25) is 29.9 Å². The molecule has 192 valence electrons. The molecule has 12 nitrogen and oxygen atoms in total. The maximum atomic E-state index is 13.3. The molecule has 14 heteroatoms. The summed E-state index contributed by atoms with van der Waals surface area (Å²) in [4.78, 5) is 36.1. The van der Waals surface area contributed by atoms with Crippen molar-refractivity contribution in [3.63, 3.8) is 0 Å². The van der Waals surface area contributed by atoms with Crippen LogP contribution >= 0.6 is 24.0 Å². The van der Waals surface area contributed by atoms with Gasteiger partial charge in [-0.2, -0.15) is 0 Å². The standard InChI is InChI=1S/C24H15N3O9S2/c1-33-19-4-2-3-13(22(19)36-17-7-6-15(26(29)30)10-16(17)27(31)32)9-21-23(28)25(24(37)38-21)14-5-8-18-20(11-14)35-12-34-18/h2-11H,12H2,1H3/b21-9+. The Morgan fingerprint density at radius 3 is 2.55 bits per heavy atom. The zero-order valence-corrected chi connectivity index (χ0v) is 20.9. The van der Waals surface area contributed by atoms with E-state index in [4.69, 9.17) is 31.2 Å². The molecule has 0 unspecified atom stereocenters. The number of thioether (sulfide) groups is 1. The molecule has 38 heavy (non-hydrogen) atoms. The number of nitrogens with zero attached hydrogens (tertiary/aromatic N) is 3. The lowest BCUT2D eigenvalue weighted by molar-refractivity contribution is -0.394. The van der Waals surface area contributed by atoms with Crippen LogP contribution in [0.5, 0.6) is 28.7 Å². The summed E-state index contributed by atoms with van der Waals surface area (Å²) < 4.78 is 22.2. The van der Waals surface area contributed by atoms with Crippen molar-refractivity contribution in [2.24, 2.45) is 0 Å². The van der Waals surface area contributed by atoms with Crippen molar-refractivity contribution >= 4 is 57.3 Å². The molecule has 2 aliphatic heterocycles. The third-order valence-corrected chi connectivity index (χ3v) is 6.79. The second kappa shape index (κ2) is 9.99. The number of fused-ring (bicyclic) bond motifs is 1. The summed E-state index contributed by atoms with van der Waals surface area (Å²) in [5, 5.41) is 22.7. The molecule has 2 heterocycles. The summed E-state index contributed by atoms with van der Waals surface area (Å²) in [5.41, 5.74) is -0.200. The number of ether oxygens (including phenoxy) is 4. The lowest BCUT2D eigenvalue weighted by Crippen LogP contribution is -2.27. The Bertz CT molecular complexity index is 1560. The van der Waals surface area contributed by atoms with E-state index in [9.17, 15) is 25.0 Å². The van der Waals surface area contributed by atoms with Crippen LogP contribution in [0.1, 0.15) is 5.56 Å². The molecule has 0 N–H and O–H groups in total. The van der Waals surface area contributed by atoms with E-state index in [1.54, 1.807) is 36.4 Å². The smallest absolute Gasteiger partial charge is 0.318 e.